The molecule has 23 heavy (non-hydrogen) atoms. The average molecular weight is 373 g/mol. The Morgan fingerprint density at radius 2 is 2.17 bits per heavy atom. The van der Waals surface area contributed by atoms with E-state index in [1.807, 2.05) is 36.4 Å². The molecule has 3 aromatic rings. The summed E-state index contributed by atoms with van der Waals surface area (Å²) in [6, 6.07) is 11.1. The summed E-state index contributed by atoms with van der Waals surface area (Å²) in [5.74, 6) is 0.756. The number of nitrogens with one attached hydrogen (secondary N) is 1. The third-order valence-corrected chi connectivity index (χ3v) is 3.65. The molecule has 1 aromatic carbocycles. The zero-order chi connectivity index (χ0) is 16.2. The van der Waals surface area contributed by atoms with Gasteiger partial charge in [0.1, 0.15) is 5.75 Å². The van der Waals surface area contributed by atoms with Crippen LogP contribution in [-0.2, 0) is 4.79 Å². The van der Waals surface area contributed by atoms with Crippen LogP contribution in [-0.4, -0.2) is 27.6 Å². The molecule has 3 rings (SSSR count). The van der Waals surface area contributed by atoms with Gasteiger partial charge in [-0.3, -0.25) is 14.5 Å². The number of aromatic nitrogens is 3. The van der Waals surface area contributed by atoms with Crippen molar-refractivity contribution >= 4 is 39.5 Å². The second-order valence-corrected chi connectivity index (χ2v) is 5.58. The highest BCUT2D eigenvalue weighted by Crippen LogP contribution is 2.24. The smallest absolute Gasteiger partial charge is 0.250 e. The first-order valence-corrected chi connectivity index (χ1v) is 7.59. The number of halogens is 1. The molecule has 0 spiro atoms. The summed E-state index contributed by atoms with van der Waals surface area (Å²) in [5, 5.41) is 10.6. The Kier molecular flexibility index (Phi) is 4.38. The molecular weight excluding hydrogens is 360 g/mol. The van der Waals surface area contributed by atoms with Crippen molar-refractivity contribution < 1.29 is 9.53 Å². The fraction of sp³-hybridized carbons (Fsp3) is 0.0625. The Morgan fingerprint density at radius 3 is 3.00 bits per heavy atom. The monoisotopic (exact) mass is 372 g/mol. The number of benzene rings is 1. The standard InChI is InChI=1S/C16H13BrN4O2/c1-23-13-7-6-12(17)10-11(13)5-8-15(22)18-16-20-19-14-4-2-3-9-21(14)16/h2-10H,1H3,(H,18,20,22)/b8-5+. The first-order chi connectivity index (χ1) is 11.2. The van der Waals surface area contributed by atoms with E-state index in [9.17, 15) is 4.79 Å². The number of pyridine rings is 1. The van der Waals surface area contributed by atoms with Crippen LogP contribution in [0.3, 0.4) is 0 Å². The highest BCUT2D eigenvalue weighted by molar-refractivity contribution is 9.10. The summed E-state index contributed by atoms with van der Waals surface area (Å²) < 4.78 is 7.87. The molecule has 2 heterocycles. The number of methoxy groups -OCH3 is 1. The number of hydrogen-bond acceptors (Lipinski definition) is 4. The first kappa shape index (κ1) is 15.2. The molecule has 0 atom stereocenters. The van der Waals surface area contributed by atoms with Gasteiger partial charge in [-0.15, -0.1) is 10.2 Å². The minimum atomic E-state index is -0.301. The molecule has 1 N–H and O–H groups in total. The number of hydrogen-bond donors (Lipinski definition) is 1. The van der Waals surface area contributed by atoms with Crippen LogP contribution in [0.4, 0.5) is 5.95 Å². The maximum absolute atomic E-state index is 12.1. The third kappa shape index (κ3) is 3.40. The molecule has 116 valence electrons. The molecule has 0 bridgehead atoms. The van der Waals surface area contributed by atoms with Crippen LogP contribution >= 0.6 is 15.9 Å². The lowest BCUT2D eigenvalue weighted by atomic mass is 10.2. The van der Waals surface area contributed by atoms with E-state index in [4.69, 9.17) is 4.74 Å². The topological polar surface area (TPSA) is 68.5 Å². The highest BCUT2D eigenvalue weighted by atomic mass is 79.9. The molecule has 0 saturated heterocycles. The Morgan fingerprint density at radius 1 is 1.30 bits per heavy atom. The number of anilines is 1. The SMILES string of the molecule is COc1ccc(Br)cc1/C=C/C(=O)Nc1nnc2ccccn12. The molecule has 1 amide bonds. The predicted octanol–water partition coefficient (Wildman–Crippen LogP) is 3.15. The van der Waals surface area contributed by atoms with Crippen molar-refractivity contribution in [1.82, 2.24) is 14.6 Å². The summed E-state index contributed by atoms with van der Waals surface area (Å²) in [6.07, 6.45) is 4.89. The van der Waals surface area contributed by atoms with Gasteiger partial charge in [0.25, 0.3) is 5.91 Å². The number of rotatable bonds is 4. The predicted molar refractivity (Wildman–Crippen MR) is 91.3 cm³/mol. The Balaban J connectivity index is 1.78. The first-order valence-electron chi connectivity index (χ1n) is 6.80. The van der Waals surface area contributed by atoms with Crippen LogP contribution in [0.2, 0.25) is 0 Å². The zero-order valence-electron chi connectivity index (χ0n) is 12.2. The second-order valence-electron chi connectivity index (χ2n) is 4.66. The summed E-state index contributed by atoms with van der Waals surface area (Å²) in [6.45, 7) is 0. The average Bonchev–Trinajstić information content (AvgIpc) is 2.96. The lowest BCUT2D eigenvalue weighted by Gasteiger charge is -2.05. The minimum Gasteiger partial charge on any atom is -0.496 e. The Labute approximate surface area is 140 Å². The molecule has 6 nitrogen and oxygen atoms in total. The number of ether oxygens (including phenoxy) is 1. The van der Waals surface area contributed by atoms with Crippen molar-refractivity contribution in [3.8, 4) is 5.75 Å². The molecule has 0 saturated carbocycles. The quantitative estimate of drug-likeness (QED) is 0.714. The van der Waals surface area contributed by atoms with Gasteiger partial charge in [-0.05, 0) is 36.4 Å². The molecule has 2 aromatic heterocycles. The molecule has 7 heteroatoms. The van der Waals surface area contributed by atoms with Gasteiger partial charge < -0.3 is 4.74 Å². The van der Waals surface area contributed by atoms with Crippen molar-refractivity contribution in [2.45, 2.75) is 0 Å². The van der Waals surface area contributed by atoms with Crippen molar-refractivity contribution in [2.75, 3.05) is 12.4 Å². The minimum absolute atomic E-state index is 0.301. The van der Waals surface area contributed by atoms with Gasteiger partial charge in [0.15, 0.2) is 5.65 Å². The van der Waals surface area contributed by atoms with Crippen LogP contribution < -0.4 is 10.1 Å². The molecule has 0 aliphatic rings. The lowest BCUT2D eigenvalue weighted by Crippen LogP contribution is -2.10. The van der Waals surface area contributed by atoms with Gasteiger partial charge in [0.2, 0.25) is 5.95 Å². The van der Waals surface area contributed by atoms with Crippen molar-refractivity contribution in [3.05, 3.63) is 58.7 Å². The van der Waals surface area contributed by atoms with Crippen molar-refractivity contribution in [2.24, 2.45) is 0 Å². The van der Waals surface area contributed by atoms with E-state index in [1.165, 1.54) is 6.08 Å². The fourth-order valence-electron chi connectivity index (χ4n) is 2.08. The molecule has 0 fully saturated rings. The second kappa shape index (κ2) is 6.62. The van der Waals surface area contributed by atoms with Crippen LogP contribution in [0.5, 0.6) is 5.75 Å². The van der Waals surface area contributed by atoms with Gasteiger partial charge in [-0.25, -0.2) is 0 Å². The van der Waals surface area contributed by atoms with Gasteiger partial charge >= 0.3 is 0 Å². The van der Waals surface area contributed by atoms with E-state index in [0.717, 1.165) is 10.0 Å². The Bertz CT molecular complexity index is 889. The summed E-state index contributed by atoms with van der Waals surface area (Å²) in [5.41, 5.74) is 1.46. The van der Waals surface area contributed by atoms with E-state index >= 15 is 0 Å². The number of amides is 1. The number of carbonyl (C=O) groups excluding carboxylic acids is 1. The molecule has 0 aliphatic heterocycles. The van der Waals surface area contributed by atoms with Gasteiger partial charge in [-0.1, -0.05) is 22.0 Å². The van der Waals surface area contributed by atoms with Crippen LogP contribution in [0.15, 0.2) is 53.1 Å². The van der Waals surface area contributed by atoms with Gasteiger partial charge in [0.05, 0.1) is 7.11 Å². The van der Waals surface area contributed by atoms with Crippen LogP contribution in [0.1, 0.15) is 5.56 Å². The van der Waals surface area contributed by atoms with E-state index in [1.54, 1.807) is 23.8 Å². The molecule has 0 unspecified atom stereocenters. The van der Waals surface area contributed by atoms with E-state index in [0.29, 0.717) is 17.3 Å². The van der Waals surface area contributed by atoms with E-state index in [2.05, 4.69) is 31.4 Å². The number of nitrogens with zero attached hydrogens (tertiary/aromatic N) is 3. The van der Waals surface area contributed by atoms with Gasteiger partial charge in [0, 0.05) is 22.3 Å². The van der Waals surface area contributed by atoms with E-state index in [-0.39, 0.29) is 5.91 Å². The van der Waals surface area contributed by atoms with Crippen molar-refractivity contribution in [1.29, 1.82) is 0 Å². The molecular formula is C16H13BrN4O2. The lowest BCUT2D eigenvalue weighted by molar-refractivity contribution is -0.111. The molecule has 0 aliphatic carbocycles. The maximum Gasteiger partial charge on any atom is 0.250 e. The third-order valence-electron chi connectivity index (χ3n) is 3.15. The summed E-state index contributed by atoms with van der Waals surface area (Å²) in [7, 11) is 1.59. The zero-order valence-corrected chi connectivity index (χ0v) is 13.8. The highest BCUT2D eigenvalue weighted by Gasteiger charge is 2.07. The normalized spacial score (nSPS) is 11.0. The maximum atomic E-state index is 12.1. The largest absolute Gasteiger partial charge is 0.496 e. The van der Waals surface area contributed by atoms with Crippen LogP contribution in [0.25, 0.3) is 11.7 Å². The summed E-state index contributed by atoms with van der Waals surface area (Å²) in [4.78, 5) is 12.1. The fourth-order valence-corrected chi connectivity index (χ4v) is 2.46. The van der Waals surface area contributed by atoms with Crippen molar-refractivity contribution in [3.63, 3.8) is 0 Å². The Hall–Kier alpha value is -2.67. The van der Waals surface area contributed by atoms with Crippen LogP contribution in [0, 0.1) is 0 Å². The number of carbonyl (C=O) groups is 1. The number of fused-ring (bicyclic) bond motifs is 1. The van der Waals surface area contributed by atoms with Gasteiger partial charge in [-0.2, -0.15) is 0 Å². The van der Waals surface area contributed by atoms with E-state index < -0.39 is 0 Å². The summed E-state index contributed by atoms with van der Waals surface area (Å²) >= 11 is 3.40. The molecule has 0 radical (unpaired) electrons.